The Bertz CT molecular complexity index is 1350. The lowest BCUT2D eigenvalue weighted by atomic mass is 9.75. The number of benzene rings is 3. The highest BCUT2D eigenvalue weighted by atomic mass is 32.2. The van der Waals surface area contributed by atoms with Crippen molar-refractivity contribution in [2.75, 3.05) is 35.0 Å². The number of oxime groups is 1. The minimum Gasteiger partial charge on any atom is -0.504 e. The number of aromatic hydroxyl groups is 1. The van der Waals surface area contributed by atoms with Gasteiger partial charge in [0.15, 0.2) is 28.0 Å². The van der Waals surface area contributed by atoms with Gasteiger partial charge in [0.2, 0.25) is 15.6 Å². The van der Waals surface area contributed by atoms with Gasteiger partial charge in [-0.25, -0.2) is 8.42 Å². The maximum absolute atomic E-state index is 13.9. The summed E-state index contributed by atoms with van der Waals surface area (Å²) in [6, 6.07) is 15.9. The Balaban J connectivity index is 2.05. The number of phenolic OH excluding ortho intramolecular Hbond substituents is 1. The summed E-state index contributed by atoms with van der Waals surface area (Å²) in [6.07, 6.45) is 0. The fourth-order valence-electron chi connectivity index (χ4n) is 4.18. The number of rotatable bonds is 7. The van der Waals surface area contributed by atoms with Gasteiger partial charge in [-0.1, -0.05) is 29.4 Å². The number of nitrogens with zero attached hydrogens (tertiary/aromatic N) is 1. The van der Waals surface area contributed by atoms with Crippen molar-refractivity contribution in [3.8, 4) is 28.7 Å². The average molecular weight is 500 g/mol. The summed E-state index contributed by atoms with van der Waals surface area (Å²) in [6.45, 7) is -0.154. The number of methoxy groups -OCH3 is 4. The molecule has 0 saturated heterocycles. The van der Waals surface area contributed by atoms with E-state index in [0.717, 1.165) is 0 Å². The van der Waals surface area contributed by atoms with Crippen LogP contribution in [0.15, 0.2) is 70.7 Å². The van der Waals surface area contributed by atoms with Crippen molar-refractivity contribution in [1.82, 2.24) is 0 Å². The molecule has 3 aromatic rings. The van der Waals surface area contributed by atoms with Crippen molar-refractivity contribution in [3.63, 3.8) is 0 Å². The van der Waals surface area contributed by atoms with Crippen LogP contribution in [0.1, 0.15) is 11.1 Å². The van der Waals surface area contributed by atoms with Crippen molar-refractivity contribution < 1.29 is 37.3 Å². The summed E-state index contributed by atoms with van der Waals surface area (Å²) in [5.74, 6) is 1.05. The van der Waals surface area contributed by atoms with E-state index in [4.69, 9.17) is 23.8 Å². The van der Waals surface area contributed by atoms with Crippen LogP contribution in [0.2, 0.25) is 0 Å². The molecule has 0 aromatic heterocycles. The summed E-state index contributed by atoms with van der Waals surface area (Å²) in [7, 11) is 1.71. The number of hydrogen-bond acceptors (Lipinski definition) is 9. The van der Waals surface area contributed by atoms with Crippen LogP contribution in [-0.2, 0) is 20.1 Å². The fraction of sp³-hybridized carbons (Fsp3) is 0.240. The van der Waals surface area contributed by atoms with E-state index in [2.05, 4.69) is 5.16 Å². The molecule has 4 rings (SSSR count). The minimum absolute atomic E-state index is 0.0544. The summed E-state index contributed by atoms with van der Waals surface area (Å²) in [4.78, 5) is 5.53. The van der Waals surface area contributed by atoms with Gasteiger partial charge in [0.05, 0.1) is 33.3 Å². The Morgan fingerprint density at radius 2 is 1.46 bits per heavy atom. The van der Waals surface area contributed by atoms with Crippen LogP contribution in [0.25, 0.3) is 0 Å². The van der Waals surface area contributed by atoms with Crippen molar-refractivity contribution >= 4 is 14.9 Å². The van der Waals surface area contributed by atoms with Crippen molar-refractivity contribution in [2.45, 2.75) is 10.3 Å². The molecule has 1 N–H and O–H groups in total. The molecule has 1 unspecified atom stereocenters. The molecule has 184 valence electrons. The molecule has 9 nitrogen and oxygen atoms in total. The number of ether oxygens (including phenoxy) is 4. The highest BCUT2D eigenvalue weighted by molar-refractivity contribution is 8.06. The quantitative estimate of drug-likeness (QED) is 0.525. The molecule has 1 heterocycles. The predicted octanol–water partition coefficient (Wildman–Crippen LogP) is 3.53. The van der Waals surface area contributed by atoms with E-state index in [1.54, 1.807) is 42.5 Å². The molecule has 10 heteroatoms. The topological polar surface area (TPSA) is 113 Å². The first kappa shape index (κ1) is 24.2. The van der Waals surface area contributed by atoms with Gasteiger partial charge < -0.3 is 28.9 Å². The Labute approximate surface area is 203 Å². The largest absolute Gasteiger partial charge is 0.504 e. The van der Waals surface area contributed by atoms with Crippen molar-refractivity contribution in [2.24, 2.45) is 5.16 Å². The van der Waals surface area contributed by atoms with Gasteiger partial charge in [-0.05, 0) is 47.5 Å². The average Bonchev–Trinajstić information content (AvgIpc) is 3.35. The molecule has 1 atom stereocenters. The first-order chi connectivity index (χ1) is 16.8. The van der Waals surface area contributed by atoms with Gasteiger partial charge in [-0.2, -0.15) is 0 Å². The van der Waals surface area contributed by atoms with Crippen molar-refractivity contribution in [1.29, 1.82) is 0 Å². The third-order valence-corrected chi connectivity index (χ3v) is 7.76. The molecule has 0 saturated carbocycles. The first-order valence-corrected chi connectivity index (χ1v) is 12.0. The summed E-state index contributed by atoms with van der Waals surface area (Å²) in [5, 5.41) is 14.4. The fourth-order valence-corrected chi connectivity index (χ4v) is 5.82. The molecule has 0 amide bonds. The van der Waals surface area contributed by atoms with E-state index in [1.165, 1.54) is 46.6 Å². The third kappa shape index (κ3) is 3.89. The molecule has 0 spiro atoms. The van der Waals surface area contributed by atoms with E-state index in [1.807, 2.05) is 0 Å². The molecule has 0 radical (unpaired) electrons. The van der Waals surface area contributed by atoms with Crippen LogP contribution >= 0.6 is 0 Å². The molecular formula is C25H25NO8S. The van der Waals surface area contributed by atoms with Crippen LogP contribution in [0.4, 0.5) is 0 Å². The van der Waals surface area contributed by atoms with Crippen molar-refractivity contribution in [3.05, 3.63) is 71.8 Å². The third-order valence-electron chi connectivity index (χ3n) is 5.93. The molecule has 1 aliphatic heterocycles. The van der Waals surface area contributed by atoms with Crippen LogP contribution in [-0.4, -0.2) is 53.6 Å². The normalized spacial score (nSPS) is 17.3. The Morgan fingerprint density at radius 1 is 0.829 bits per heavy atom. The zero-order chi connectivity index (χ0) is 25.2. The van der Waals surface area contributed by atoms with Crippen LogP contribution in [0, 0.1) is 0 Å². The molecule has 1 aliphatic rings. The Kier molecular flexibility index (Phi) is 6.49. The van der Waals surface area contributed by atoms with Crippen LogP contribution in [0.5, 0.6) is 28.7 Å². The van der Waals surface area contributed by atoms with Gasteiger partial charge in [-0.15, -0.1) is 0 Å². The lowest BCUT2D eigenvalue weighted by Gasteiger charge is -2.30. The smallest absolute Gasteiger partial charge is 0.224 e. The summed E-state index contributed by atoms with van der Waals surface area (Å²) in [5.41, 5.74) is -0.584. The zero-order valence-corrected chi connectivity index (χ0v) is 20.5. The number of phenols is 1. The summed E-state index contributed by atoms with van der Waals surface area (Å²) < 4.78 is 49.4. The lowest BCUT2D eigenvalue weighted by Crippen LogP contribution is -2.41. The van der Waals surface area contributed by atoms with Gasteiger partial charge in [0, 0.05) is 0 Å². The van der Waals surface area contributed by atoms with E-state index < -0.39 is 15.3 Å². The molecule has 0 fully saturated rings. The number of hydrogen-bond donors (Lipinski definition) is 1. The highest BCUT2D eigenvalue weighted by Gasteiger charge is 2.52. The predicted molar refractivity (Wildman–Crippen MR) is 129 cm³/mol. The lowest BCUT2D eigenvalue weighted by molar-refractivity contribution is 0.152. The molecule has 0 aliphatic carbocycles. The van der Waals surface area contributed by atoms with E-state index in [-0.39, 0.29) is 28.0 Å². The van der Waals surface area contributed by atoms with Gasteiger partial charge in [-0.3, -0.25) is 0 Å². The van der Waals surface area contributed by atoms with E-state index in [9.17, 15) is 13.5 Å². The van der Waals surface area contributed by atoms with Crippen LogP contribution in [0.3, 0.4) is 0 Å². The van der Waals surface area contributed by atoms with Gasteiger partial charge >= 0.3 is 0 Å². The molecule has 35 heavy (non-hydrogen) atoms. The van der Waals surface area contributed by atoms with Gasteiger partial charge in [0.25, 0.3) is 0 Å². The van der Waals surface area contributed by atoms with E-state index >= 15 is 0 Å². The number of sulfone groups is 1. The standard InChI is InChI=1S/C25H25NO8S/c1-30-20-11-10-16(12-19(20)27)25(17-13-21(31-2)23(33-4)22(14-17)32-3)15-34-26-24(25)35(28,29)18-8-6-5-7-9-18/h5-14,27H,15H2,1-4H3. The zero-order valence-electron chi connectivity index (χ0n) is 19.6. The Hall–Kier alpha value is -3.92. The van der Waals surface area contributed by atoms with Gasteiger partial charge in [0.1, 0.15) is 12.0 Å². The van der Waals surface area contributed by atoms with Crippen LogP contribution < -0.4 is 18.9 Å². The van der Waals surface area contributed by atoms with E-state index in [0.29, 0.717) is 28.4 Å². The first-order valence-electron chi connectivity index (χ1n) is 10.5. The molecule has 0 bridgehead atoms. The Morgan fingerprint density at radius 3 is 2.00 bits per heavy atom. The maximum Gasteiger partial charge on any atom is 0.224 e. The SMILES string of the molecule is COc1ccc(C2(c3cc(OC)c(OC)c(OC)c3)CON=C2S(=O)(=O)c2ccccc2)cc1O. The molecular weight excluding hydrogens is 474 g/mol. The monoisotopic (exact) mass is 499 g/mol. The summed E-state index contributed by atoms with van der Waals surface area (Å²) >= 11 is 0. The molecule has 3 aromatic carbocycles. The highest BCUT2D eigenvalue weighted by Crippen LogP contribution is 2.48. The second-order valence-corrected chi connectivity index (χ2v) is 9.56. The maximum atomic E-state index is 13.9. The second-order valence-electron chi connectivity index (χ2n) is 7.69. The minimum atomic E-state index is -4.13. The second kappa shape index (κ2) is 9.38.